The minimum Gasteiger partial charge on any atom is -0.444 e. The number of hydrogen-bond acceptors (Lipinski definition) is 5. The summed E-state index contributed by atoms with van der Waals surface area (Å²) < 4.78 is 11.3. The number of rotatable bonds is 5. The lowest BCUT2D eigenvalue weighted by molar-refractivity contribution is -0.0240. The molecule has 0 aromatic heterocycles. The molecular weight excluding hydrogens is 270 g/mol. The Labute approximate surface area is 128 Å². The first-order chi connectivity index (χ1) is 9.67. The second-order valence-corrected chi connectivity index (χ2v) is 7.02. The number of amides is 1. The van der Waals surface area contributed by atoms with Gasteiger partial charge in [0.25, 0.3) is 0 Å². The van der Waals surface area contributed by atoms with Crippen LogP contribution in [0.2, 0.25) is 0 Å². The van der Waals surface area contributed by atoms with Gasteiger partial charge in [-0.25, -0.2) is 4.79 Å². The number of nitrogens with one attached hydrogen (secondary N) is 1. The Morgan fingerprint density at radius 3 is 2.62 bits per heavy atom. The lowest BCUT2D eigenvalue weighted by Crippen LogP contribution is -2.55. The van der Waals surface area contributed by atoms with Crippen molar-refractivity contribution in [3.8, 4) is 0 Å². The molecule has 1 saturated heterocycles. The molecule has 1 N–H and O–H groups in total. The first-order valence-corrected chi connectivity index (χ1v) is 7.62. The van der Waals surface area contributed by atoms with Crippen molar-refractivity contribution in [3.05, 3.63) is 0 Å². The first kappa shape index (κ1) is 18.2. The van der Waals surface area contributed by atoms with Crippen molar-refractivity contribution in [3.63, 3.8) is 0 Å². The van der Waals surface area contributed by atoms with E-state index in [1.807, 2.05) is 34.9 Å². The van der Waals surface area contributed by atoms with Crippen LogP contribution >= 0.6 is 0 Å². The number of piperidine rings is 1. The van der Waals surface area contributed by atoms with Gasteiger partial charge < -0.3 is 24.6 Å². The number of ether oxygens (including phenoxy) is 2. The topological polar surface area (TPSA) is 54.0 Å². The minimum absolute atomic E-state index is 0.0104. The maximum absolute atomic E-state index is 11.9. The lowest BCUT2D eigenvalue weighted by Gasteiger charge is -2.37. The van der Waals surface area contributed by atoms with Crippen LogP contribution in [0.1, 0.15) is 27.2 Å². The van der Waals surface area contributed by atoms with Crippen molar-refractivity contribution >= 4 is 6.09 Å². The van der Waals surface area contributed by atoms with Gasteiger partial charge in [0.05, 0.1) is 18.8 Å². The maximum Gasteiger partial charge on any atom is 0.407 e. The van der Waals surface area contributed by atoms with Crippen LogP contribution in [0.3, 0.4) is 0 Å². The van der Waals surface area contributed by atoms with Gasteiger partial charge in [0.2, 0.25) is 0 Å². The summed E-state index contributed by atoms with van der Waals surface area (Å²) in [5, 5.41) is 2.96. The van der Waals surface area contributed by atoms with Gasteiger partial charge >= 0.3 is 6.09 Å². The van der Waals surface area contributed by atoms with E-state index in [4.69, 9.17) is 9.47 Å². The van der Waals surface area contributed by atoms with E-state index in [1.165, 1.54) is 0 Å². The van der Waals surface area contributed by atoms with E-state index >= 15 is 0 Å². The van der Waals surface area contributed by atoms with Crippen LogP contribution < -0.4 is 5.32 Å². The van der Waals surface area contributed by atoms with Gasteiger partial charge in [-0.3, -0.25) is 0 Å². The molecule has 0 aromatic rings. The van der Waals surface area contributed by atoms with E-state index < -0.39 is 5.60 Å². The molecule has 6 heteroatoms. The van der Waals surface area contributed by atoms with Gasteiger partial charge in [-0.15, -0.1) is 0 Å². The molecule has 1 rings (SSSR count). The molecule has 2 unspecified atom stereocenters. The number of carbonyl (C=O) groups excluding carboxylic acids is 1. The second kappa shape index (κ2) is 7.96. The third-order valence-corrected chi connectivity index (χ3v) is 3.33. The van der Waals surface area contributed by atoms with Crippen LogP contribution in [0.4, 0.5) is 4.79 Å². The average molecular weight is 301 g/mol. The predicted molar refractivity (Wildman–Crippen MR) is 83.6 cm³/mol. The largest absolute Gasteiger partial charge is 0.444 e. The third kappa shape index (κ3) is 7.64. The highest BCUT2D eigenvalue weighted by atomic mass is 16.6. The monoisotopic (exact) mass is 301 g/mol. The van der Waals surface area contributed by atoms with Crippen LogP contribution in [0.25, 0.3) is 0 Å². The van der Waals surface area contributed by atoms with Gasteiger partial charge in [0, 0.05) is 13.1 Å². The first-order valence-electron chi connectivity index (χ1n) is 7.62. The second-order valence-electron chi connectivity index (χ2n) is 7.02. The van der Waals surface area contributed by atoms with Crippen LogP contribution in [-0.2, 0) is 9.47 Å². The smallest absolute Gasteiger partial charge is 0.407 e. The molecule has 1 aliphatic rings. The van der Waals surface area contributed by atoms with E-state index in [0.29, 0.717) is 6.61 Å². The summed E-state index contributed by atoms with van der Waals surface area (Å²) in [6, 6.07) is 0.0122. The molecule has 0 aliphatic carbocycles. The minimum atomic E-state index is -0.475. The van der Waals surface area contributed by atoms with Gasteiger partial charge in [-0.1, -0.05) is 0 Å². The van der Waals surface area contributed by atoms with E-state index in [1.54, 1.807) is 0 Å². The summed E-state index contributed by atoms with van der Waals surface area (Å²) in [6.07, 6.45) is 0.525. The van der Waals surface area contributed by atoms with Gasteiger partial charge in [-0.05, 0) is 54.9 Å². The van der Waals surface area contributed by atoms with Crippen molar-refractivity contribution in [1.82, 2.24) is 15.1 Å². The molecule has 1 amide bonds. The van der Waals surface area contributed by atoms with E-state index in [2.05, 4.69) is 22.2 Å². The van der Waals surface area contributed by atoms with Crippen molar-refractivity contribution < 1.29 is 14.3 Å². The summed E-state index contributed by atoms with van der Waals surface area (Å²) in [4.78, 5) is 16.2. The standard InChI is InChI=1S/C15H31N3O3/c1-15(2,3)21-14(19)16-12-7-8-18(6)11-13(12)20-10-9-17(4)5/h12-13H,7-11H2,1-6H3,(H,16,19). The Morgan fingerprint density at radius 2 is 2.05 bits per heavy atom. The highest BCUT2D eigenvalue weighted by Crippen LogP contribution is 2.14. The number of alkyl carbamates (subject to hydrolysis) is 1. The van der Waals surface area contributed by atoms with Gasteiger partial charge in [-0.2, -0.15) is 0 Å². The summed E-state index contributed by atoms with van der Waals surface area (Å²) >= 11 is 0. The number of nitrogens with zero attached hydrogens (tertiary/aromatic N) is 2. The number of likely N-dealkylation sites (tertiary alicyclic amines) is 1. The molecule has 1 fully saturated rings. The fourth-order valence-corrected chi connectivity index (χ4v) is 2.25. The van der Waals surface area contributed by atoms with Gasteiger partial charge in [0.15, 0.2) is 0 Å². The SMILES string of the molecule is CN(C)CCOC1CN(C)CCC1NC(=O)OC(C)(C)C. The van der Waals surface area contributed by atoms with Crippen molar-refractivity contribution in [2.45, 2.75) is 44.9 Å². The van der Waals surface area contributed by atoms with Crippen molar-refractivity contribution in [2.75, 3.05) is 47.4 Å². The number of hydrogen-bond donors (Lipinski definition) is 1. The lowest BCUT2D eigenvalue weighted by atomic mass is 10.0. The van der Waals surface area contributed by atoms with Crippen LogP contribution in [-0.4, -0.2) is 81.0 Å². The molecule has 124 valence electrons. The normalized spacial score (nSPS) is 24.1. The zero-order valence-corrected chi connectivity index (χ0v) is 14.3. The molecular formula is C15H31N3O3. The zero-order chi connectivity index (χ0) is 16.0. The summed E-state index contributed by atoms with van der Waals surface area (Å²) in [5.41, 5.74) is -0.475. The molecule has 1 aliphatic heterocycles. The molecule has 2 atom stereocenters. The highest BCUT2D eigenvalue weighted by molar-refractivity contribution is 5.68. The molecule has 1 heterocycles. The Hall–Kier alpha value is -0.850. The van der Waals surface area contributed by atoms with E-state index in [9.17, 15) is 4.79 Å². The summed E-state index contributed by atoms with van der Waals surface area (Å²) in [6.45, 7) is 8.92. The Kier molecular flexibility index (Phi) is 6.90. The zero-order valence-electron chi connectivity index (χ0n) is 14.3. The maximum atomic E-state index is 11.9. The molecule has 0 saturated carbocycles. The Bertz CT molecular complexity index is 329. The van der Waals surface area contributed by atoms with Crippen molar-refractivity contribution in [2.24, 2.45) is 0 Å². The Balaban J connectivity index is 2.49. The highest BCUT2D eigenvalue weighted by Gasteiger charge is 2.31. The van der Waals surface area contributed by atoms with Crippen LogP contribution in [0.15, 0.2) is 0 Å². The predicted octanol–water partition coefficient (Wildman–Crippen LogP) is 1.16. The number of carbonyl (C=O) groups is 1. The fourth-order valence-electron chi connectivity index (χ4n) is 2.25. The van der Waals surface area contributed by atoms with Crippen LogP contribution in [0, 0.1) is 0 Å². The van der Waals surface area contributed by atoms with Gasteiger partial charge in [0.1, 0.15) is 5.60 Å². The number of likely N-dealkylation sites (N-methyl/N-ethyl adjacent to an activating group) is 2. The molecule has 0 radical (unpaired) electrons. The molecule has 0 aromatic carbocycles. The quantitative estimate of drug-likeness (QED) is 0.826. The molecule has 6 nitrogen and oxygen atoms in total. The van der Waals surface area contributed by atoms with E-state index in [0.717, 1.165) is 26.1 Å². The average Bonchev–Trinajstić information content (AvgIpc) is 2.29. The summed E-state index contributed by atoms with van der Waals surface area (Å²) in [7, 11) is 6.12. The Morgan fingerprint density at radius 1 is 1.38 bits per heavy atom. The molecule has 0 spiro atoms. The fraction of sp³-hybridized carbons (Fsp3) is 0.933. The molecule has 21 heavy (non-hydrogen) atoms. The van der Waals surface area contributed by atoms with Crippen molar-refractivity contribution in [1.29, 1.82) is 0 Å². The van der Waals surface area contributed by atoms with Crippen LogP contribution in [0.5, 0.6) is 0 Å². The summed E-state index contributed by atoms with van der Waals surface area (Å²) in [5.74, 6) is 0. The van der Waals surface area contributed by atoms with E-state index in [-0.39, 0.29) is 18.2 Å². The third-order valence-electron chi connectivity index (χ3n) is 3.33. The molecule has 0 bridgehead atoms.